The first-order chi connectivity index (χ1) is 16.5. The summed E-state index contributed by atoms with van der Waals surface area (Å²) in [6, 6.07) is 33.8. The first-order valence-corrected chi connectivity index (χ1v) is 11.5. The molecule has 170 valence electrons. The molecule has 0 amide bonds. The van der Waals surface area contributed by atoms with Crippen LogP contribution in [0.15, 0.2) is 97.1 Å². The molecular formula is C31H29NO2. The van der Waals surface area contributed by atoms with Gasteiger partial charge in [-0.15, -0.1) is 0 Å². The van der Waals surface area contributed by atoms with Crippen LogP contribution in [0.1, 0.15) is 34.2 Å². The van der Waals surface area contributed by atoms with Gasteiger partial charge in [0.1, 0.15) is 0 Å². The highest BCUT2D eigenvalue weighted by Gasteiger charge is 2.12. The first kappa shape index (κ1) is 23.1. The minimum atomic E-state index is -0.768. The first-order valence-electron chi connectivity index (χ1n) is 11.5. The zero-order valence-corrected chi connectivity index (χ0v) is 19.6. The lowest BCUT2D eigenvalue weighted by molar-refractivity contribution is -0.136. The maximum atomic E-state index is 10.7. The molecule has 0 saturated carbocycles. The van der Waals surface area contributed by atoms with Gasteiger partial charge in [-0.1, -0.05) is 83.9 Å². The average molecular weight is 448 g/mol. The number of nitrogens with zero attached hydrogens (tertiary/aromatic N) is 1. The lowest BCUT2D eigenvalue weighted by Gasteiger charge is -2.25. The second-order valence-electron chi connectivity index (χ2n) is 8.57. The van der Waals surface area contributed by atoms with Crippen LogP contribution in [0, 0.1) is 13.8 Å². The van der Waals surface area contributed by atoms with Crippen molar-refractivity contribution in [3.63, 3.8) is 0 Å². The molecule has 3 nitrogen and oxygen atoms in total. The van der Waals surface area contributed by atoms with Crippen molar-refractivity contribution in [1.82, 2.24) is 0 Å². The average Bonchev–Trinajstić information content (AvgIpc) is 2.85. The third kappa shape index (κ3) is 6.02. The molecule has 34 heavy (non-hydrogen) atoms. The van der Waals surface area contributed by atoms with E-state index >= 15 is 0 Å². The number of carboxylic acid groups (broad SMARTS) is 1. The maximum Gasteiger partial charge on any atom is 0.303 e. The summed E-state index contributed by atoms with van der Waals surface area (Å²) in [4.78, 5) is 13.0. The van der Waals surface area contributed by atoms with Crippen LogP contribution in [0.3, 0.4) is 0 Å². The Labute approximate surface area is 201 Å². The van der Waals surface area contributed by atoms with Crippen LogP contribution in [-0.2, 0) is 11.2 Å². The normalized spacial score (nSPS) is 11.0. The Balaban J connectivity index is 1.53. The standard InChI is InChI=1S/C31H29NO2/c1-23-3-16-28(17-4-23)32(29-18-5-24(2)6-19-29)30-20-13-27(14-21-30)12-9-25-7-10-26(11-8-25)15-22-31(33)34/h3-14,16-21H,15,22H2,1-2H3,(H,33,34)/b12-9+. The Morgan fingerprint density at radius 1 is 0.647 bits per heavy atom. The molecule has 0 aromatic heterocycles. The van der Waals surface area contributed by atoms with E-state index in [-0.39, 0.29) is 6.42 Å². The highest BCUT2D eigenvalue weighted by Crippen LogP contribution is 2.34. The van der Waals surface area contributed by atoms with Crippen LogP contribution < -0.4 is 4.90 Å². The van der Waals surface area contributed by atoms with E-state index in [1.54, 1.807) is 0 Å². The molecule has 4 rings (SSSR count). The Kier molecular flexibility index (Phi) is 7.24. The molecule has 0 aliphatic carbocycles. The van der Waals surface area contributed by atoms with E-state index in [0.717, 1.165) is 33.8 Å². The van der Waals surface area contributed by atoms with Crippen LogP contribution in [0.2, 0.25) is 0 Å². The smallest absolute Gasteiger partial charge is 0.303 e. The predicted molar refractivity (Wildman–Crippen MR) is 142 cm³/mol. The van der Waals surface area contributed by atoms with Crippen LogP contribution in [-0.4, -0.2) is 11.1 Å². The molecule has 0 aliphatic heterocycles. The Hall–Kier alpha value is -4.11. The molecule has 0 atom stereocenters. The van der Waals surface area contributed by atoms with Gasteiger partial charge in [0.05, 0.1) is 0 Å². The third-order valence-corrected chi connectivity index (χ3v) is 5.81. The summed E-state index contributed by atoms with van der Waals surface area (Å²) in [5.41, 5.74) is 9.08. The molecule has 3 heteroatoms. The van der Waals surface area contributed by atoms with Gasteiger partial charge in [-0.3, -0.25) is 4.79 Å². The van der Waals surface area contributed by atoms with Gasteiger partial charge < -0.3 is 10.0 Å². The van der Waals surface area contributed by atoms with Gasteiger partial charge in [0.25, 0.3) is 0 Å². The number of rotatable bonds is 8. The van der Waals surface area contributed by atoms with Crippen molar-refractivity contribution in [2.24, 2.45) is 0 Å². The van der Waals surface area contributed by atoms with E-state index in [4.69, 9.17) is 5.11 Å². The van der Waals surface area contributed by atoms with Crippen molar-refractivity contribution in [2.75, 3.05) is 4.90 Å². The second-order valence-corrected chi connectivity index (χ2v) is 8.57. The van der Waals surface area contributed by atoms with Crippen molar-refractivity contribution >= 4 is 35.2 Å². The monoisotopic (exact) mass is 447 g/mol. The SMILES string of the molecule is Cc1ccc(N(c2ccc(C)cc2)c2ccc(/C=C/c3ccc(CCC(=O)O)cc3)cc2)cc1. The molecule has 0 aliphatic rings. The lowest BCUT2D eigenvalue weighted by atomic mass is 10.1. The van der Waals surface area contributed by atoms with E-state index in [9.17, 15) is 4.79 Å². The molecule has 0 bridgehead atoms. The quantitative estimate of drug-likeness (QED) is 0.279. The Morgan fingerprint density at radius 3 is 1.44 bits per heavy atom. The summed E-state index contributed by atoms with van der Waals surface area (Å²) in [6.45, 7) is 4.20. The summed E-state index contributed by atoms with van der Waals surface area (Å²) in [6.07, 6.45) is 4.88. The predicted octanol–water partition coefficient (Wildman–Crippen LogP) is 7.96. The van der Waals surface area contributed by atoms with E-state index in [1.807, 2.05) is 24.3 Å². The molecule has 4 aromatic carbocycles. The summed E-state index contributed by atoms with van der Waals surface area (Å²) in [7, 11) is 0. The number of carboxylic acids is 1. The molecule has 0 saturated heterocycles. The Bertz CT molecular complexity index is 1210. The van der Waals surface area contributed by atoms with Crippen molar-refractivity contribution in [1.29, 1.82) is 0 Å². The Morgan fingerprint density at radius 2 is 1.03 bits per heavy atom. The maximum absolute atomic E-state index is 10.7. The molecule has 0 fully saturated rings. The van der Waals surface area contributed by atoms with Crippen molar-refractivity contribution in [3.8, 4) is 0 Å². The van der Waals surface area contributed by atoms with Gasteiger partial charge in [0.15, 0.2) is 0 Å². The van der Waals surface area contributed by atoms with E-state index in [0.29, 0.717) is 6.42 Å². The largest absolute Gasteiger partial charge is 0.481 e. The van der Waals surface area contributed by atoms with E-state index in [2.05, 4.69) is 104 Å². The number of aryl methyl sites for hydroxylation is 3. The van der Waals surface area contributed by atoms with Gasteiger partial charge in [-0.25, -0.2) is 0 Å². The number of hydrogen-bond donors (Lipinski definition) is 1. The van der Waals surface area contributed by atoms with Crippen LogP contribution in [0.25, 0.3) is 12.2 Å². The van der Waals surface area contributed by atoms with Gasteiger partial charge in [0.2, 0.25) is 0 Å². The molecule has 1 N–H and O–H groups in total. The van der Waals surface area contributed by atoms with Crippen molar-refractivity contribution in [2.45, 2.75) is 26.7 Å². The zero-order valence-electron chi connectivity index (χ0n) is 19.6. The lowest BCUT2D eigenvalue weighted by Crippen LogP contribution is -2.09. The molecule has 4 aromatic rings. The summed E-state index contributed by atoms with van der Waals surface area (Å²) in [5.74, 6) is -0.768. The third-order valence-electron chi connectivity index (χ3n) is 5.81. The van der Waals surface area contributed by atoms with Crippen molar-refractivity contribution < 1.29 is 9.90 Å². The topological polar surface area (TPSA) is 40.5 Å². The fourth-order valence-corrected chi connectivity index (χ4v) is 3.81. The number of benzene rings is 4. The van der Waals surface area contributed by atoms with Gasteiger partial charge >= 0.3 is 5.97 Å². The molecule has 0 radical (unpaired) electrons. The fourth-order valence-electron chi connectivity index (χ4n) is 3.81. The van der Waals surface area contributed by atoms with Gasteiger partial charge in [-0.2, -0.15) is 0 Å². The zero-order chi connectivity index (χ0) is 23.9. The van der Waals surface area contributed by atoms with Crippen LogP contribution in [0.4, 0.5) is 17.1 Å². The molecular weight excluding hydrogens is 418 g/mol. The number of hydrogen-bond acceptors (Lipinski definition) is 2. The number of aliphatic carboxylic acids is 1. The molecule has 0 unspecified atom stereocenters. The highest BCUT2D eigenvalue weighted by molar-refractivity contribution is 5.78. The summed E-state index contributed by atoms with van der Waals surface area (Å²) >= 11 is 0. The highest BCUT2D eigenvalue weighted by atomic mass is 16.4. The van der Waals surface area contributed by atoms with Crippen LogP contribution >= 0.6 is 0 Å². The summed E-state index contributed by atoms with van der Waals surface area (Å²) < 4.78 is 0. The minimum absolute atomic E-state index is 0.156. The summed E-state index contributed by atoms with van der Waals surface area (Å²) in [5, 5.41) is 8.83. The van der Waals surface area contributed by atoms with Gasteiger partial charge in [-0.05, 0) is 73.4 Å². The second kappa shape index (κ2) is 10.7. The molecule has 0 heterocycles. The fraction of sp³-hybridized carbons (Fsp3) is 0.129. The van der Waals surface area contributed by atoms with Crippen molar-refractivity contribution in [3.05, 3.63) is 125 Å². The minimum Gasteiger partial charge on any atom is -0.481 e. The number of anilines is 3. The molecule has 0 spiro atoms. The van der Waals surface area contributed by atoms with Gasteiger partial charge in [0, 0.05) is 23.5 Å². The van der Waals surface area contributed by atoms with E-state index in [1.165, 1.54) is 11.1 Å². The van der Waals surface area contributed by atoms with Crippen LogP contribution in [0.5, 0.6) is 0 Å². The number of carbonyl (C=O) groups is 1. The van der Waals surface area contributed by atoms with E-state index < -0.39 is 5.97 Å².